The molecule has 0 radical (unpaired) electrons. The number of nitrogens with one attached hydrogen (secondary N) is 1. The molecule has 2 aromatic carbocycles. The van der Waals surface area contributed by atoms with Gasteiger partial charge in [0.15, 0.2) is 0 Å². The summed E-state index contributed by atoms with van der Waals surface area (Å²) in [5.41, 5.74) is 2.46. The average molecular weight is 473 g/mol. The van der Waals surface area contributed by atoms with E-state index in [9.17, 15) is 14.4 Å². The van der Waals surface area contributed by atoms with Crippen LogP contribution < -0.4 is 10.1 Å². The van der Waals surface area contributed by atoms with Crippen molar-refractivity contribution in [2.75, 3.05) is 13.7 Å². The van der Waals surface area contributed by atoms with Crippen molar-refractivity contribution in [2.45, 2.75) is 24.9 Å². The molecular formula is C26H24N4O5. The number of imide groups is 1. The first-order chi connectivity index (χ1) is 17.0. The minimum absolute atomic E-state index is 0.356. The molecule has 2 aliphatic heterocycles. The molecule has 2 aliphatic rings. The lowest BCUT2D eigenvalue weighted by Gasteiger charge is -2.22. The highest BCUT2D eigenvalue weighted by atomic mass is 16.5. The summed E-state index contributed by atoms with van der Waals surface area (Å²) in [6.45, 7) is -0.410. The summed E-state index contributed by atoms with van der Waals surface area (Å²) in [5.74, 6) is 0.385. The number of carbonyl (C=O) groups is 3. The molecule has 0 bridgehead atoms. The third-order valence-corrected chi connectivity index (χ3v) is 6.14. The van der Waals surface area contributed by atoms with Crippen LogP contribution in [-0.4, -0.2) is 53.2 Å². The minimum atomic E-state index is -0.712. The summed E-state index contributed by atoms with van der Waals surface area (Å²) in [6, 6.07) is 18.6. The Hall–Kier alpha value is -4.40. The molecule has 3 aromatic rings. The number of methoxy groups -OCH3 is 1. The summed E-state index contributed by atoms with van der Waals surface area (Å²) < 4.78 is 10.8. The first-order valence-electron chi connectivity index (χ1n) is 11.3. The number of urea groups is 1. The molecule has 1 aromatic heterocycles. The Bertz CT molecular complexity index is 1250. The van der Waals surface area contributed by atoms with Gasteiger partial charge in [-0.2, -0.15) is 5.10 Å². The largest absolute Gasteiger partial charge is 0.497 e. The predicted molar refractivity (Wildman–Crippen MR) is 127 cm³/mol. The van der Waals surface area contributed by atoms with E-state index in [1.54, 1.807) is 19.2 Å². The second kappa shape index (κ2) is 9.46. The van der Waals surface area contributed by atoms with Crippen molar-refractivity contribution < 1.29 is 23.5 Å². The van der Waals surface area contributed by atoms with E-state index in [1.807, 2.05) is 54.6 Å². The molecule has 0 spiro atoms. The fourth-order valence-corrected chi connectivity index (χ4v) is 4.32. The minimum Gasteiger partial charge on any atom is -0.497 e. The van der Waals surface area contributed by atoms with E-state index < -0.39 is 36.5 Å². The van der Waals surface area contributed by atoms with Crippen LogP contribution in [0.2, 0.25) is 0 Å². The lowest BCUT2D eigenvalue weighted by molar-refractivity contribution is -0.138. The van der Waals surface area contributed by atoms with Gasteiger partial charge in [0.05, 0.1) is 19.1 Å². The lowest BCUT2D eigenvalue weighted by atomic mass is 10.0. The zero-order valence-electron chi connectivity index (χ0n) is 19.1. The lowest BCUT2D eigenvalue weighted by Crippen LogP contribution is -2.41. The molecule has 2 atom stereocenters. The molecule has 5 rings (SSSR count). The summed E-state index contributed by atoms with van der Waals surface area (Å²) in [6.07, 6.45) is 2.33. The van der Waals surface area contributed by atoms with Gasteiger partial charge in [-0.15, -0.1) is 0 Å². The SMILES string of the molecule is COc1ccc(C2=NN(C(=O)CN3C(=O)N[C@@H](Cc4ccccc4)C3=O)[C@H](c3ccco3)C2)cc1. The standard InChI is InChI=1S/C26H24N4O5/c1-34-19-11-9-18(10-12-19)20-15-22(23-8-5-13-35-23)30(28-20)24(31)16-29-25(32)21(27-26(29)33)14-17-6-3-2-4-7-17/h2-13,21-22H,14-16H2,1H3,(H,27,33)/t21-,22-/m0/s1. The first-order valence-corrected chi connectivity index (χ1v) is 11.3. The van der Waals surface area contributed by atoms with Crippen molar-refractivity contribution in [1.29, 1.82) is 0 Å². The molecule has 1 saturated heterocycles. The average Bonchev–Trinajstić information content (AvgIpc) is 3.62. The van der Waals surface area contributed by atoms with Crippen molar-refractivity contribution in [3.05, 3.63) is 89.9 Å². The number of hydrogen-bond acceptors (Lipinski definition) is 6. The Morgan fingerprint density at radius 1 is 1.09 bits per heavy atom. The molecule has 1 fully saturated rings. The fraction of sp³-hybridized carbons (Fsp3) is 0.231. The third-order valence-electron chi connectivity index (χ3n) is 6.14. The molecule has 0 unspecified atom stereocenters. The van der Waals surface area contributed by atoms with Gasteiger partial charge in [0.25, 0.3) is 11.8 Å². The fourth-order valence-electron chi connectivity index (χ4n) is 4.32. The van der Waals surface area contributed by atoms with Crippen LogP contribution in [0.15, 0.2) is 82.5 Å². The molecule has 9 nitrogen and oxygen atoms in total. The number of carbonyl (C=O) groups excluding carboxylic acids is 3. The van der Waals surface area contributed by atoms with E-state index in [0.717, 1.165) is 16.0 Å². The molecule has 1 N–H and O–H groups in total. The Labute approximate surface area is 202 Å². The van der Waals surface area contributed by atoms with Crippen LogP contribution in [-0.2, 0) is 16.0 Å². The van der Waals surface area contributed by atoms with Gasteiger partial charge in [-0.05, 0) is 47.5 Å². The summed E-state index contributed by atoms with van der Waals surface area (Å²) in [5, 5.41) is 8.55. The molecule has 178 valence electrons. The number of amides is 4. The third kappa shape index (κ3) is 4.52. The molecule has 0 aliphatic carbocycles. The van der Waals surface area contributed by atoms with E-state index >= 15 is 0 Å². The number of hydrogen-bond donors (Lipinski definition) is 1. The highest BCUT2D eigenvalue weighted by Gasteiger charge is 2.42. The molecule has 3 heterocycles. The van der Waals surface area contributed by atoms with Crippen LogP contribution >= 0.6 is 0 Å². The van der Waals surface area contributed by atoms with Gasteiger partial charge < -0.3 is 14.5 Å². The highest BCUT2D eigenvalue weighted by Crippen LogP contribution is 2.33. The van der Waals surface area contributed by atoms with E-state index in [4.69, 9.17) is 9.15 Å². The number of furan rings is 1. The van der Waals surface area contributed by atoms with Gasteiger partial charge in [-0.1, -0.05) is 30.3 Å². The van der Waals surface area contributed by atoms with Gasteiger partial charge in [0.2, 0.25) is 0 Å². The van der Waals surface area contributed by atoms with Crippen LogP contribution in [0.1, 0.15) is 29.3 Å². The second-order valence-electron chi connectivity index (χ2n) is 8.37. The summed E-state index contributed by atoms with van der Waals surface area (Å²) >= 11 is 0. The Morgan fingerprint density at radius 3 is 2.54 bits per heavy atom. The molecule has 4 amide bonds. The predicted octanol–water partition coefficient (Wildman–Crippen LogP) is 3.13. The quantitative estimate of drug-likeness (QED) is 0.532. The smallest absolute Gasteiger partial charge is 0.325 e. The van der Waals surface area contributed by atoms with Gasteiger partial charge in [-0.25, -0.2) is 9.80 Å². The number of nitrogens with zero attached hydrogens (tertiary/aromatic N) is 3. The van der Waals surface area contributed by atoms with E-state index in [2.05, 4.69) is 10.4 Å². The Kier molecular flexibility index (Phi) is 6.05. The van der Waals surface area contributed by atoms with Crippen molar-refractivity contribution in [1.82, 2.24) is 15.2 Å². The van der Waals surface area contributed by atoms with Gasteiger partial charge in [0.1, 0.15) is 30.1 Å². The zero-order valence-corrected chi connectivity index (χ0v) is 19.1. The second-order valence-corrected chi connectivity index (χ2v) is 8.37. The highest BCUT2D eigenvalue weighted by molar-refractivity contribution is 6.07. The number of ether oxygens (including phenoxy) is 1. The van der Waals surface area contributed by atoms with Crippen molar-refractivity contribution in [2.24, 2.45) is 5.10 Å². The maximum Gasteiger partial charge on any atom is 0.325 e. The van der Waals surface area contributed by atoms with Crippen LogP contribution in [0.25, 0.3) is 0 Å². The summed E-state index contributed by atoms with van der Waals surface area (Å²) in [4.78, 5) is 39.8. The van der Waals surface area contributed by atoms with E-state index in [-0.39, 0.29) is 0 Å². The normalized spacial score (nSPS) is 19.6. The van der Waals surface area contributed by atoms with Crippen LogP contribution in [0, 0.1) is 0 Å². The number of hydrazone groups is 1. The maximum atomic E-state index is 13.3. The van der Waals surface area contributed by atoms with E-state index in [1.165, 1.54) is 11.3 Å². The van der Waals surface area contributed by atoms with Crippen LogP contribution in [0.3, 0.4) is 0 Å². The Morgan fingerprint density at radius 2 is 1.86 bits per heavy atom. The van der Waals surface area contributed by atoms with Gasteiger partial charge in [0, 0.05) is 12.8 Å². The maximum absolute atomic E-state index is 13.3. The Balaban J connectivity index is 1.34. The monoisotopic (exact) mass is 472 g/mol. The van der Waals surface area contributed by atoms with Gasteiger partial charge in [-0.3, -0.25) is 14.5 Å². The summed E-state index contributed by atoms with van der Waals surface area (Å²) in [7, 11) is 1.59. The zero-order chi connectivity index (χ0) is 24.4. The molecule has 0 saturated carbocycles. The molecule has 35 heavy (non-hydrogen) atoms. The van der Waals surface area contributed by atoms with Crippen LogP contribution in [0.4, 0.5) is 4.79 Å². The van der Waals surface area contributed by atoms with E-state index in [0.29, 0.717) is 30.1 Å². The van der Waals surface area contributed by atoms with Gasteiger partial charge >= 0.3 is 6.03 Å². The van der Waals surface area contributed by atoms with Crippen molar-refractivity contribution in [3.63, 3.8) is 0 Å². The van der Waals surface area contributed by atoms with Crippen LogP contribution in [0.5, 0.6) is 5.75 Å². The number of rotatable bonds is 7. The van der Waals surface area contributed by atoms with Crippen molar-refractivity contribution >= 4 is 23.6 Å². The number of benzene rings is 2. The molecule has 9 heteroatoms. The first kappa shape index (κ1) is 22.4. The van der Waals surface area contributed by atoms with Crippen molar-refractivity contribution in [3.8, 4) is 5.75 Å². The molecular weight excluding hydrogens is 448 g/mol. The topological polar surface area (TPSA) is 104 Å².